The molecule has 3 nitrogen and oxygen atoms in total. The predicted octanol–water partition coefficient (Wildman–Crippen LogP) is 5.11. The summed E-state index contributed by atoms with van der Waals surface area (Å²) >= 11 is 15.2. The minimum Gasteiger partial charge on any atom is -0.365 e. The van der Waals surface area contributed by atoms with Gasteiger partial charge in [-0.3, -0.25) is 4.79 Å². The van der Waals surface area contributed by atoms with Crippen LogP contribution in [0.4, 0.5) is 0 Å². The van der Waals surface area contributed by atoms with Gasteiger partial charge in [0.2, 0.25) is 0 Å². The Labute approximate surface area is 165 Å². The molecule has 1 aromatic heterocycles. The standard InChI is InChI=1S/C18H18Cl2N2OS2/c19-14-2-1-11(7-15(14)20)24-16-8-12(17(25-16)18(21)23)13-9-22-5-3-10(13)4-6-22/h1-2,7-8,10,13H,3-6,9H2,(H2,21,23). The second-order valence-electron chi connectivity index (χ2n) is 6.64. The van der Waals surface area contributed by atoms with Crippen LogP contribution in [-0.2, 0) is 0 Å². The van der Waals surface area contributed by atoms with Crippen LogP contribution in [0.2, 0.25) is 10.0 Å². The molecular formula is C18H18Cl2N2OS2. The van der Waals surface area contributed by atoms with Gasteiger partial charge in [-0.15, -0.1) is 11.3 Å². The van der Waals surface area contributed by atoms with Gasteiger partial charge in [0.25, 0.3) is 5.91 Å². The molecule has 1 amide bonds. The Bertz CT molecular complexity index is 815. The van der Waals surface area contributed by atoms with E-state index in [1.54, 1.807) is 17.8 Å². The lowest BCUT2D eigenvalue weighted by Gasteiger charge is -2.45. The topological polar surface area (TPSA) is 46.3 Å². The summed E-state index contributed by atoms with van der Waals surface area (Å²) in [5.74, 6) is 0.766. The highest BCUT2D eigenvalue weighted by molar-refractivity contribution is 8.01. The van der Waals surface area contributed by atoms with E-state index in [2.05, 4.69) is 11.0 Å². The van der Waals surface area contributed by atoms with E-state index in [1.807, 2.05) is 12.1 Å². The number of hydrogen-bond donors (Lipinski definition) is 1. The lowest BCUT2D eigenvalue weighted by atomic mass is 9.75. The number of primary amides is 1. The Morgan fingerprint density at radius 1 is 1.20 bits per heavy atom. The molecule has 1 atom stereocenters. The first-order valence-electron chi connectivity index (χ1n) is 8.30. The second kappa shape index (κ2) is 7.12. The van der Waals surface area contributed by atoms with Crippen LogP contribution >= 0.6 is 46.3 Å². The van der Waals surface area contributed by atoms with Crippen molar-refractivity contribution in [2.45, 2.75) is 27.9 Å². The number of amides is 1. The number of thiophene rings is 1. The molecule has 132 valence electrons. The summed E-state index contributed by atoms with van der Waals surface area (Å²) in [5, 5.41) is 1.08. The maximum absolute atomic E-state index is 12.0. The van der Waals surface area contributed by atoms with Crippen LogP contribution in [0.1, 0.15) is 34.0 Å². The van der Waals surface area contributed by atoms with Crippen LogP contribution in [-0.4, -0.2) is 30.4 Å². The van der Waals surface area contributed by atoms with Crippen molar-refractivity contribution in [3.8, 4) is 0 Å². The molecule has 3 saturated heterocycles. The van der Waals surface area contributed by atoms with E-state index in [4.69, 9.17) is 28.9 Å². The van der Waals surface area contributed by atoms with Gasteiger partial charge in [-0.1, -0.05) is 35.0 Å². The fourth-order valence-electron chi connectivity index (χ4n) is 3.87. The zero-order chi connectivity index (χ0) is 17.6. The zero-order valence-corrected chi connectivity index (χ0v) is 16.6. The molecule has 0 radical (unpaired) electrons. The van der Waals surface area contributed by atoms with Crippen molar-refractivity contribution in [2.24, 2.45) is 11.7 Å². The van der Waals surface area contributed by atoms with E-state index in [1.165, 1.54) is 37.3 Å². The molecule has 0 saturated carbocycles. The van der Waals surface area contributed by atoms with Crippen LogP contribution in [0, 0.1) is 5.92 Å². The number of piperidine rings is 3. The molecule has 1 unspecified atom stereocenters. The summed E-state index contributed by atoms with van der Waals surface area (Å²) in [6.45, 7) is 3.41. The summed E-state index contributed by atoms with van der Waals surface area (Å²) < 4.78 is 1.07. The van der Waals surface area contributed by atoms with Gasteiger partial charge in [0.15, 0.2) is 0 Å². The van der Waals surface area contributed by atoms with E-state index in [9.17, 15) is 4.79 Å². The normalized spacial score (nSPS) is 25.3. The number of hydrogen-bond acceptors (Lipinski definition) is 4. The molecule has 0 spiro atoms. The number of benzene rings is 1. The van der Waals surface area contributed by atoms with Gasteiger partial charge in [0.1, 0.15) is 0 Å². The molecule has 2 N–H and O–H groups in total. The second-order valence-corrected chi connectivity index (χ2v) is 9.88. The van der Waals surface area contributed by atoms with Gasteiger partial charge in [0.05, 0.1) is 19.1 Å². The third-order valence-electron chi connectivity index (χ3n) is 5.13. The fraction of sp³-hybridized carbons (Fsp3) is 0.389. The maximum atomic E-state index is 12.0. The van der Waals surface area contributed by atoms with E-state index in [0.717, 1.165) is 21.2 Å². The number of carbonyl (C=O) groups excluding carboxylic acids is 1. The van der Waals surface area contributed by atoms with Crippen molar-refractivity contribution in [3.63, 3.8) is 0 Å². The average Bonchev–Trinajstić information content (AvgIpc) is 3.03. The number of rotatable bonds is 4. The first kappa shape index (κ1) is 17.7. The quantitative estimate of drug-likeness (QED) is 0.757. The Morgan fingerprint density at radius 2 is 1.96 bits per heavy atom. The lowest BCUT2D eigenvalue weighted by molar-refractivity contribution is 0.0859. The Hall–Kier alpha value is -0.720. The lowest BCUT2D eigenvalue weighted by Crippen LogP contribution is -2.46. The largest absolute Gasteiger partial charge is 0.365 e. The summed E-state index contributed by atoms with van der Waals surface area (Å²) in [4.78, 5) is 16.2. The molecule has 1 aromatic carbocycles. The van der Waals surface area contributed by atoms with Crippen molar-refractivity contribution in [3.05, 3.63) is 44.8 Å². The van der Waals surface area contributed by atoms with Crippen LogP contribution < -0.4 is 5.73 Å². The molecule has 3 fully saturated rings. The number of nitrogens with zero attached hydrogens (tertiary/aromatic N) is 1. The smallest absolute Gasteiger partial charge is 0.259 e. The highest BCUT2D eigenvalue weighted by Crippen LogP contribution is 2.45. The average molecular weight is 413 g/mol. The van der Waals surface area contributed by atoms with Gasteiger partial charge >= 0.3 is 0 Å². The predicted molar refractivity (Wildman–Crippen MR) is 105 cm³/mol. The Kier molecular flexibility index (Phi) is 5.04. The highest BCUT2D eigenvalue weighted by atomic mass is 35.5. The Morgan fingerprint density at radius 3 is 2.56 bits per heavy atom. The van der Waals surface area contributed by atoms with Crippen LogP contribution in [0.25, 0.3) is 0 Å². The van der Waals surface area contributed by atoms with Gasteiger partial charge in [0, 0.05) is 17.4 Å². The molecule has 2 bridgehead atoms. The van der Waals surface area contributed by atoms with Gasteiger partial charge < -0.3 is 10.6 Å². The first-order chi connectivity index (χ1) is 12.0. The van der Waals surface area contributed by atoms with E-state index >= 15 is 0 Å². The van der Waals surface area contributed by atoms with Crippen molar-refractivity contribution < 1.29 is 4.79 Å². The van der Waals surface area contributed by atoms with Gasteiger partial charge in [-0.2, -0.15) is 0 Å². The molecule has 5 rings (SSSR count). The Balaban J connectivity index is 1.64. The van der Waals surface area contributed by atoms with Gasteiger partial charge in [-0.25, -0.2) is 0 Å². The summed E-state index contributed by atoms with van der Waals surface area (Å²) in [6, 6.07) is 7.75. The highest BCUT2D eigenvalue weighted by Gasteiger charge is 2.37. The van der Waals surface area contributed by atoms with Crippen molar-refractivity contribution in [1.29, 1.82) is 0 Å². The number of fused-ring (bicyclic) bond motifs is 3. The molecule has 4 heterocycles. The third kappa shape index (κ3) is 3.58. The molecule has 25 heavy (non-hydrogen) atoms. The van der Waals surface area contributed by atoms with Crippen molar-refractivity contribution in [2.75, 3.05) is 19.6 Å². The molecule has 3 aliphatic rings. The van der Waals surface area contributed by atoms with Crippen molar-refractivity contribution in [1.82, 2.24) is 4.90 Å². The molecule has 3 aliphatic heterocycles. The van der Waals surface area contributed by atoms with Crippen LogP contribution in [0.5, 0.6) is 0 Å². The third-order valence-corrected chi connectivity index (χ3v) is 8.13. The minimum atomic E-state index is -0.322. The number of nitrogens with two attached hydrogens (primary N) is 1. The van der Waals surface area contributed by atoms with E-state index in [0.29, 0.717) is 26.8 Å². The minimum absolute atomic E-state index is 0.322. The van der Waals surface area contributed by atoms with E-state index < -0.39 is 0 Å². The summed E-state index contributed by atoms with van der Waals surface area (Å²) in [7, 11) is 0. The van der Waals surface area contributed by atoms with Crippen LogP contribution in [0.3, 0.4) is 0 Å². The van der Waals surface area contributed by atoms with Gasteiger partial charge in [-0.05, 0) is 61.7 Å². The fourth-order valence-corrected chi connectivity index (χ4v) is 6.49. The first-order valence-corrected chi connectivity index (χ1v) is 10.7. The monoisotopic (exact) mass is 412 g/mol. The molecule has 7 heteroatoms. The van der Waals surface area contributed by atoms with Crippen LogP contribution in [0.15, 0.2) is 33.4 Å². The summed E-state index contributed by atoms with van der Waals surface area (Å²) in [5.41, 5.74) is 6.81. The van der Waals surface area contributed by atoms with Crippen molar-refractivity contribution >= 4 is 52.2 Å². The molecule has 0 aliphatic carbocycles. The summed E-state index contributed by atoms with van der Waals surface area (Å²) in [6.07, 6.45) is 2.43. The maximum Gasteiger partial charge on any atom is 0.259 e. The SMILES string of the molecule is NC(=O)c1sc(Sc2ccc(Cl)c(Cl)c2)cc1C1CN2CCC1CC2. The number of halogens is 2. The van der Waals surface area contributed by atoms with E-state index in [-0.39, 0.29) is 5.91 Å². The molecule has 2 aromatic rings. The molecular weight excluding hydrogens is 395 g/mol. The number of carbonyl (C=O) groups is 1. The zero-order valence-electron chi connectivity index (χ0n) is 13.5.